The van der Waals surface area contributed by atoms with Crippen LogP contribution in [0.4, 0.5) is 0 Å². The number of hydrogen-bond donors (Lipinski definition) is 14. The van der Waals surface area contributed by atoms with Crippen LogP contribution in [0.15, 0.2) is 0 Å². The first kappa shape index (κ1) is 38.5. The summed E-state index contributed by atoms with van der Waals surface area (Å²) in [6.07, 6.45) is -26.1. The zero-order valence-electron chi connectivity index (χ0n) is 17.6. The van der Waals surface area contributed by atoms with E-state index in [-0.39, 0.29) is 19.5 Å². The minimum absolute atomic E-state index is 0. The molecule has 19 heteroatoms. The van der Waals surface area contributed by atoms with E-state index in [0.717, 1.165) is 0 Å². The Bertz CT molecular complexity index is 547. The van der Waals surface area contributed by atoms with Gasteiger partial charge in [-0.2, -0.15) is 0 Å². The number of aliphatic hydroxyl groups excluding tert-OH is 14. The summed E-state index contributed by atoms with van der Waals surface area (Å²) in [6, 6.07) is 0. The van der Waals surface area contributed by atoms with Crippen molar-refractivity contribution in [3.63, 3.8) is 0 Å². The molecule has 0 heterocycles. The van der Waals surface area contributed by atoms with Gasteiger partial charge in [0.15, 0.2) is 0 Å². The molecule has 0 fully saturated rings. The summed E-state index contributed by atoms with van der Waals surface area (Å²) >= 11 is 0. The van der Waals surface area contributed by atoms with Crippen LogP contribution in [-0.2, 0) is 29.1 Å². The molecule has 0 amide bonds. The predicted molar refractivity (Wildman–Crippen MR) is 96.3 cm³/mol. The van der Waals surface area contributed by atoms with Crippen LogP contribution in [-0.4, -0.2) is 170 Å². The number of rotatable bonds is 14. The molecule has 12 unspecified atom stereocenters. The molecule has 1 radical (unpaired) electrons. The maximum Gasteiger partial charge on any atom is 2.00 e. The molecule has 14 N–H and O–H groups in total. The van der Waals surface area contributed by atoms with Gasteiger partial charge in [-0.15, -0.1) is 0 Å². The van der Waals surface area contributed by atoms with Crippen molar-refractivity contribution in [2.45, 2.75) is 73.2 Å². The molecule has 0 aliphatic rings. The van der Waals surface area contributed by atoms with Crippen LogP contribution in [0.1, 0.15) is 0 Å². The fourth-order valence-corrected chi connectivity index (χ4v) is 2.13. The molecular weight excluding hydrogens is 583 g/mol. The Morgan fingerprint density at radius 2 is 0.657 bits per heavy atom. The van der Waals surface area contributed by atoms with Gasteiger partial charge in [0.25, 0.3) is 0 Å². The second kappa shape index (κ2) is 18.3. The van der Waals surface area contributed by atoms with E-state index < -0.39 is 98.4 Å². The van der Waals surface area contributed by atoms with Crippen LogP contribution < -0.4 is 10.2 Å². The number of carboxylic acid groups (broad SMARTS) is 2. The van der Waals surface area contributed by atoms with Crippen molar-refractivity contribution in [1.82, 2.24) is 0 Å². The molecule has 0 aromatic rings. The molecule has 0 spiro atoms. The number of aliphatic hydroxyl groups is 14. The van der Waals surface area contributed by atoms with Gasteiger partial charge < -0.3 is 91.3 Å². The number of carboxylic acids is 2. The summed E-state index contributed by atoms with van der Waals surface area (Å²) in [5, 5.41) is 146. The summed E-state index contributed by atoms with van der Waals surface area (Å²) in [7, 11) is 0. The molecule has 0 bridgehead atoms. The average molecular weight is 613 g/mol. The predicted octanol–water partition coefficient (Wildman–Crippen LogP) is -12.2. The molecule has 0 aromatic heterocycles. The average Bonchev–Trinajstić information content (AvgIpc) is 2.82. The molecule has 0 saturated heterocycles. The Kier molecular flexibility index (Phi) is 20.1. The normalized spacial score (nSPS) is 21.7. The van der Waals surface area contributed by atoms with Crippen LogP contribution in [0, 0.1) is 0 Å². The summed E-state index contributed by atoms with van der Waals surface area (Å²) in [5.74, 6) is -4.16. The third-order valence-corrected chi connectivity index (χ3v) is 4.39. The van der Waals surface area contributed by atoms with E-state index in [1.54, 1.807) is 0 Å². The standard InChI is InChI=1S/2C8H16O9.Rh/c2*9-1-2(10)3(11)4(12)5(13)6(14)7(15)8(16)17;/h2*2-7,9-15H,1H2,(H,16,17);/q;;+2/p-2. The van der Waals surface area contributed by atoms with Crippen molar-refractivity contribution in [1.29, 1.82) is 0 Å². The molecule has 0 rings (SSSR count). The summed E-state index contributed by atoms with van der Waals surface area (Å²) in [5.41, 5.74) is 0. The van der Waals surface area contributed by atoms with Crippen LogP contribution in [0.5, 0.6) is 0 Å². The second-order valence-electron chi connectivity index (χ2n) is 6.95. The van der Waals surface area contributed by atoms with Crippen molar-refractivity contribution in [3.05, 3.63) is 0 Å². The van der Waals surface area contributed by atoms with Crippen molar-refractivity contribution >= 4 is 11.9 Å². The van der Waals surface area contributed by atoms with E-state index in [1.807, 2.05) is 0 Å². The minimum Gasteiger partial charge on any atom is -0.547 e. The number of hydrogen-bond acceptors (Lipinski definition) is 18. The van der Waals surface area contributed by atoms with Gasteiger partial charge in [-0.1, -0.05) is 0 Å². The number of carbonyl (C=O) groups is 2. The molecular formula is C16H30O18Rh. The third-order valence-electron chi connectivity index (χ3n) is 4.39. The van der Waals surface area contributed by atoms with Gasteiger partial charge >= 0.3 is 19.5 Å². The Morgan fingerprint density at radius 3 is 0.829 bits per heavy atom. The van der Waals surface area contributed by atoms with Gasteiger partial charge in [-0.3, -0.25) is 0 Å². The Morgan fingerprint density at radius 1 is 0.457 bits per heavy atom. The molecule has 0 aromatic carbocycles. The van der Waals surface area contributed by atoms with Gasteiger partial charge in [-0.05, 0) is 0 Å². The quantitative estimate of drug-likeness (QED) is 0.0808. The summed E-state index contributed by atoms with van der Waals surface area (Å²) in [6.45, 7) is -1.85. The van der Waals surface area contributed by atoms with E-state index in [9.17, 15) is 40.2 Å². The van der Waals surface area contributed by atoms with Crippen molar-refractivity contribution in [3.8, 4) is 0 Å². The fraction of sp³-hybridized carbons (Fsp3) is 0.875. The van der Waals surface area contributed by atoms with Crippen LogP contribution >= 0.6 is 0 Å². The first-order valence-corrected chi connectivity index (χ1v) is 9.27. The van der Waals surface area contributed by atoms with Gasteiger partial charge in [0, 0.05) is 0 Å². The Hall–Kier alpha value is -0.997. The number of carbonyl (C=O) groups excluding carboxylic acids is 2. The van der Waals surface area contributed by atoms with Gasteiger partial charge in [-0.25, -0.2) is 0 Å². The fourth-order valence-electron chi connectivity index (χ4n) is 2.13. The maximum atomic E-state index is 10.2. The van der Waals surface area contributed by atoms with Crippen molar-refractivity contribution in [2.24, 2.45) is 0 Å². The Balaban J connectivity index is -0.000000569. The molecule has 0 aliphatic heterocycles. The zero-order valence-corrected chi connectivity index (χ0v) is 19.2. The van der Waals surface area contributed by atoms with E-state index in [4.69, 9.17) is 51.1 Å². The third kappa shape index (κ3) is 12.2. The maximum absolute atomic E-state index is 10.2. The largest absolute Gasteiger partial charge is 2.00 e. The van der Waals surface area contributed by atoms with Crippen LogP contribution in [0.25, 0.3) is 0 Å². The molecule has 35 heavy (non-hydrogen) atoms. The van der Waals surface area contributed by atoms with Crippen LogP contribution in [0.3, 0.4) is 0 Å². The zero-order chi connectivity index (χ0) is 27.5. The van der Waals surface area contributed by atoms with Gasteiger partial charge in [0.05, 0.1) is 25.2 Å². The minimum atomic E-state index is -2.47. The number of aliphatic carboxylic acids is 2. The summed E-state index contributed by atoms with van der Waals surface area (Å²) in [4.78, 5) is 20.3. The first-order valence-electron chi connectivity index (χ1n) is 9.27. The SMILES string of the molecule is O=C([O-])C(O)C(O)C(O)C(O)C(O)C(O)CO.O=C([O-])C(O)C(O)C(O)C(O)C(O)C(O)CO.[Rh+2]. The molecule has 18 nitrogen and oxygen atoms in total. The molecule has 0 aliphatic carbocycles. The van der Waals surface area contributed by atoms with Crippen molar-refractivity contribution in [2.75, 3.05) is 13.2 Å². The summed E-state index contributed by atoms with van der Waals surface area (Å²) < 4.78 is 0. The van der Waals surface area contributed by atoms with E-state index in [0.29, 0.717) is 0 Å². The van der Waals surface area contributed by atoms with E-state index in [1.165, 1.54) is 0 Å². The molecule has 0 saturated carbocycles. The molecule has 211 valence electrons. The first-order chi connectivity index (χ1) is 15.5. The van der Waals surface area contributed by atoms with Gasteiger partial charge in [0.1, 0.15) is 73.2 Å². The van der Waals surface area contributed by atoms with E-state index in [2.05, 4.69) is 0 Å². The molecule has 12 atom stereocenters. The monoisotopic (exact) mass is 613 g/mol. The van der Waals surface area contributed by atoms with Gasteiger partial charge in [0.2, 0.25) is 0 Å². The topological polar surface area (TPSA) is 363 Å². The second-order valence-corrected chi connectivity index (χ2v) is 6.95. The van der Waals surface area contributed by atoms with Crippen LogP contribution in [0.2, 0.25) is 0 Å². The smallest absolute Gasteiger partial charge is 0.547 e. The van der Waals surface area contributed by atoms with Crippen molar-refractivity contribution < 1.29 is 111 Å². The van der Waals surface area contributed by atoms with E-state index >= 15 is 0 Å². The Labute approximate surface area is 209 Å².